The highest BCUT2D eigenvalue weighted by Gasteiger charge is 2.25. The van der Waals surface area contributed by atoms with Gasteiger partial charge in [-0.2, -0.15) is 0 Å². The van der Waals surface area contributed by atoms with Gasteiger partial charge in [-0.3, -0.25) is 19.0 Å². The number of benzene rings is 1. The normalized spacial score (nSPS) is 15.0. The summed E-state index contributed by atoms with van der Waals surface area (Å²) in [5, 5.41) is 16.2. The lowest BCUT2D eigenvalue weighted by molar-refractivity contribution is -0.118. The molecule has 1 aromatic heterocycles. The van der Waals surface area contributed by atoms with Crippen LogP contribution in [0.5, 0.6) is 0 Å². The third-order valence-electron chi connectivity index (χ3n) is 3.95. The van der Waals surface area contributed by atoms with Crippen molar-refractivity contribution in [3.63, 3.8) is 0 Å². The van der Waals surface area contributed by atoms with Crippen molar-refractivity contribution in [2.45, 2.75) is 18.9 Å². The van der Waals surface area contributed by atoms with Crippen molar-refractivity contribution in [3.05, 3.63) is 30.0 Å². The second-order valence-corrected chi connectivity index (χ2v) is 5.75. The Morgan fingerprint density at radius 2 is 2.17 bits per heavy atom. The van der Waals surface area contributed by atoms with Crippen LogP contribution in [0.2, 0.25) is 0 Å². The van der Waals surface area contributed by atoms with Crippen molar-refractivity contribution >= 4 is 34.3 Å². The van der Waals surface area contributed by atoms with E-state index in [1.54, 1.807) is 18.2 Å². The Balaban J connectivity index is 1.76. The lowest BCUT2D eigenvalue weighted by atomic mass is 10.2. The summed E-state index contributed by atoms with van der Waals surface area (Å²) in [5.74, 6) is -0.901. The molecule has 3 rings (SSSR count). The Kier molecular flexibility index (Phi) is 4.22. The zero-order valence-electron chi connectivity index (χ0n) is 12.9. The number of carbonyl (C=O) groups excluding carboxylic acids is 3. The summed E-state index contributed by atoms with van der Waals surface area (Å²) >= 11 is 0. The second kappa shape index (κ2) is 6.32. The zero-order chi connectivity index (χ0) is 17.3. The Bertz CT molecular complexity index is 827. The molecule has 1 aliphatic heterocycles. The summed E-state index contributed by atoms with van der Waals surface area (Å²) in [6.45, 7) is 0.257. The molecule has 0 saturated carbocycles. The highest BCUT2D eigenvalue weighted by molar-refractivity contribution is 6.09. The van der Waals surface area contributed by atoms with E-state index in [0.717, 1.165) is 11.1 Å². The van der Waals surface area contributed by atoms with Gasteiger partial charge in [0.15, 0.2) is 0 Å². The molecule has 0 aliphatic carbocycles. The molecule has 1 aliphatic rings. The van der Waals surface area contributed by atoms with Gasteiger partial charge in [-0.25, -0.2) is 0 Å². The van der Waals surface area contributed by atoms with Gasteiger partial charge in [-0.1, -0.05) is 0 Å². The van der Waals surface area contributed by atoms with Gasteiger partial charge in [0, 0.05) is 24.0 Å². The summed E-state index contributed by atoms with van der Waals surface area (Å²) in [5.41, 5.74) is 6.78. The molecule has 2 aromatic rings. The number of nitrogens with one attached hydrogen (secondary N) is 2. The van der Waals surface area contributed by atoms with Crippen LogP contribution in [0.1, 0.15) is 28.1 Å². The van der Waals surface area contributed by atoms with E-state index >= 15 is 0 Å². The topological polar surface area (TPSA) is 126 Å². The van der Waals surface area contributed by atoms with E-state index in [0.29, 0.717) is 17.6 Å². The highest BCUT2D eigenvalue weighted by atomic mass is 16.3. The first-order valence-electron chi connectivity index (χ1n) is 7.63. The number of hydrogen-bond donors (Lipinski definition) is 4. The molecule has 1 aromatic carbocycles. The average molecular weight is 330 g/mol. The number of anilines is 1. The molecule has 8 heteroatoms. The maximum atomic E-state index is 12.0. The molecule has 2 amide bonds. The number of carbonyl (C=O) groups is 3. The number of primary amides is 1. The fourth-order valence-corrected chi connectivity index (χ4v) is 2.73. The standard InChI is InChI=1S/C16H18N4O4/c17-14(22)4-2-11(21)7-18-10-1-3-12-9(5-10)6-13-16(24)19-8-15(23)20(12)13/h1,3,5-6,11,18,21H,2,4,7-8H2,(H2,17,22)(H,19,24)/t11-/m1/s1. The first-order valence-corrected chi connectivity index (χ1v) is 7.63. The van der Waals surface area contributed by atoms with Crippen LogP contribution < -0.4 is 16.4 Å². The molecule has 0 saturated heterocycles. The maximum absolute atomic E-state index is 12.0. The first kappa shape index (κ1) is 16.0. The molecule has 0 radical (unpaired) electrons. The summed E-state index contributed by atoms with van der Waals surface area (Å²) in [6.07, 6.45) is -0.270. The monoisotopic (exact) mass is 330 g/mol. The molecular weight excluding hydrogens is 312 g/mol. The van der Waals surface area contributed by atoms with E-state index in [1.165, 1.54) is 4.57 Å². The number of aromatic nitrogens is 1. The number of nitrogens with zero attached hydrogens (tertiary/aromatic N) is 1. The number of fused-ring (bicyclic) bond motifs is 3. The van der Waals surface area contributed by atoms with Gasteiger partial charge < -0.3 is 21.5 Å². The molecule has 2 heterocycles. The minimum Gasteiger partial charge on any atom is -0.391 e. The van der Waals surface area contributed by atoms with Gasteiger partial charge in [0.05, 0.1) is 18.2 Å². The van der Waals surface area contributed by atoms with Crippen LogP contribution in [-0.4, -0.2) is 46.6 Å². The first-order chi connectivity index (χ1) is 11.5. The van der Waals surface area contributed by atoms with Crippen LogP contribution in [0, 0.1) is 0 Å². The van der Waals surface area contributed by atoms with E-state index in [4.69, 9.17) is 5.73 Å². The van der Waals surface area contributed by atoms with Crippen LogP contribution >= 0.6 is 0 Å². The number of aliphatic hydroxyl groups is 1. The van der Waals surface area contributed by atoms with Gasteiger partial charge in [0.2, 0.25) is 5.91 Å². The Labute approximate surface area is 137 Å². The van der Waals surface area contributed by atoms with Crippen LogP contribution in [0.3, 0.4) is 0 Å². The second-order valence-electron chi connectivity index (χ2n) is 5.75. The Morgan fingerprint density at radius 1 is 1.38 bits per heavy atom. The fourth-order valence-electron chi connectivity index (χ4n) is 2.73. The molecule has 0 spiro atoms. The van der Waals surface area contributed by atoms with Gasteiger partial charge in [0.25, 0.3) is 11.8 Å². The van der Waals surface area contributed by atoms with E-state index in [2.05, 4.69) is 10.6 Å². The Morgan fingerprint density at radius 3 is 2.92 bits per heavy atom. The van der Waals surface area contributed by atoms with Crippen molar-refractivity contribution < 1.29 is 19.5 Å². The molecule has 0 fully saturated rings. The quantitative estimate of drug-likeness (QED) is 0.596. The molecule has 126 valence electrons. The lowest BCUT2D eigenvalue weighted by Gasteiger charge is -2.15. The van der Waals surface area contributed by atoms with Gasteiger partial charge in [0.1, 0.15) is 5.69 Å². The van der Waals surface area contributed by atoms with Crippen LogP contribution in [0.4, 0.5) is 5.69 Å². The van der Waals surface area contributed by atoms with Crippen molar-refractivity contribution in [1.29, 1.82) is 0 Å². The number of rotatable bonds is 6. The van der Waals surface area contributed by atoms with E-state index in [9.17, 15) is 19.5 Å². The lowest BCUT2D eigenvalue weighted by Crippen LogP contribution is -2.40. The number of aliphatic hydroxyl groups excluding tert-OH is 1. The molecule has 8 nitrogen and oxygen atoms in total. The summed E-state index contributed by atoms with van der Waals surface area (Å²) in [4.78, 5) is 34.6. The Hall–Kier alpha value is -2.87. The minimum atomic E-state index is -0.692. The van der Waals surface area contributed by atoms with Crippen LogP contribution in [-0.2, 0) is 4.79 Å². The molecule has 24 heavy (non-hydrogen) atoms. The molecule has 5 N–H and O–H groups in total. The summed E-state index contributed by atoms with van der Waals surface area (Å²) in [7, 11) is 0. The van der Waals surface area contributed by atoms with E-state index in [-0.39, 0.29) is 31.3 Å². The number of amides is 2. The zero-order valence-corrected chi connectivity index (χ0v) is 12.9. The predicted octanol–water partition coefficient (Wildman–Crippen LogP) is 0.0632. The number of nitrogens with two attached hydrogens (primary N) is 1. The van der Waals surface area contributed by atoms with Crippen molar-refractivity contribution in [1.82, 2.24) is 9.88 Å². The minimum absolute atomic E-state index is 0.0122. The van der Waals surface area contributed by atoms with Crippen LogP contribution in [0.25, 0.3) is 10.9 Å². The van der Waals surface area contributed by atoms with Crippen molar-refractivity contribution in [2.24, 2.45) is 5.73 Å². The number of hydrogen-bond acceptors (Lipinski definition) is 5. The summed E-state index contributed by atoms with van der Waals surface area (Å²) < 4.78 is 1.42. The molecule has 1 atom stereocenters. The largest absolute Gasteiger partial charge is 0.391 e. The van der Waals surface area contributed by atoms with Gasteiger partial charge >= 0.3 is 0 Å². The van der Waals surface area contributed by atoms with Crippen LogP contribution in [0.15, 0.2) is 24.3 Å². The predicted molar refractivity (Wildman–Crippen MR) is 87.8 cm³/mol. The third kappa shape index (κ3) is 3.09. The average Bonchev–Trinajstić information content (AvgIpc) is 2.94. The van der Waals surface area contributed by atoms with Crippen molar-refractivity contribution in [2.75, 3.05) is 18.4 Å². The van der Waals surface area contributed by atoms with Gasteiger partial charge in [-0.05, 0) is 30.7 Å². The molecular formula is C16H18N4O4. The van der Waals surface area contributed by atoms with Crippen molar-refractivity contribution in [3.8, 4) is 0 Å². The third-order valence-corrected chi connectivity index (χ3v) is 3.95. The maximum Gasteiger partial charge on any atom is 0.268 e. The molecule has 0 unspecified atom stereocenters. The fraction of sp³-hybridized carbons (Fsp3) is 0.312. The smallest absolute Gasteiger partial charge is 0.268 e. The summed E-state index contributed by atoms with van der Waals surface area (Å²) in [6, 6.07) is 7.00. The van der Waals surface area contributed by atoms with E-state index in [1.807, 2.05) is 6.07 Å². The highest BCUT2D eigenvalue weighted by Crippen LogP contribution is 2.25. The molecule has 0 bridgehead atoms. The SMILES string of the molecule is NC(=O)CC[C@@H](O)CNc1ccc2c(c1)cc1n2C(=O)CNC1=O. The van der Waals surface area contributed by atoms with E-state index < -0.39 is 12.0 Å². The van der Waals surface area contributed by atoms with Gasteiger partial charge in [-0.15, -0.1) is 0 Å².